The van der Waals surface area contributed by atoms with Gasteiger partial charge in [-0.05, 0) is 183 Å². The summed E-state index contributed by atoms with van der Waals surface area (Å²) in [5.41, 5.74) is -2.68. The Labute approximate surface area is 478 Å². The first-order valence-electron chi connectivity index (χ1n) is 31.2. The van der Waals surface area contributed by atoms with Gasteiger partial charge in [0.05, 0.1) is 0 Å². The molecule has 3 atom stereocenters. The lowest BCUT2D eigenvalue weighted by Gasteiger charge is -2.56. The van der Waals surface area contributed by atoms with Crippen LogP contribution in [0.1, 0.15) is 199 Å². The predicted molar refractivity (Wildman–Crippen MR) is 314 cm³/mol. The third-order valence-electron chi connectivity index (χ3n) is 22.2. The largest absolute Gasteiger partial charge is 0.446 e. The number of benzene rings is 4. The minimum absolute atomic E-state index is 0.0589. The standard InChI is InChI=1S/C66H90N6O9/c1-37(58(4,5)6)67-55(73)70-61-25-13-19-40(20-14-26-61)64(61)76-49-31-43-44(32-50(49)77-64)46-34-52-54(81-66(79-52)42-23-17-29-63(66,30-18-24-42)72-57(75)69-39(3)60(10,11)12)36-48(46)47-35-53-51(33-45(43)47)78-65(80-53)41-21-15-27-62(65,28-16-22-41)71-56(74)68-38(2)59(7,8)9/h31-42H,13-30H2,1-12H3,(H2,67,70,73)(H2,68,71,74)(H2,69,72,75). The molecular formula is C66H90N6O9. The normalized spacial score (nSPS) is 33.6. The van der Waals surface area contributed by atoms with Crippen molar-refractivity contribution >= 4 is 50.4 Å². The molecule has 3 aliphatic heterocycles. The summed E-state index contributed by atoms with van der Waals surface area (Å²) in [5, 5.41) is 26.0. The quantitative estimate of drug-likeness (QED) is 0.103. The summed E-state index contributed by atoms with van der Waals surface area (Å²) in [6, 6.07) is 12.1. The molecule has 3 unspecified atom stereocenters. The topological polar surface area (TPSA) is 179 Å². The van der Waals surface area contributed by atoms with Gasteiger partial charge < -0.3 is 60.3 Å². The van der Waals surface area contributed by atoms with Gasteiger partial charge in [-0.15, -0.1) is 0 Å². The average molecular weight is 1110 g/mol. The molecule has 4 aromatic carbocycles. The number of nitrogens with one attached hydrogen (secondary N) is 6. The van der Waals surface area contributed by atoms with Crippen molar-refractivity contribution in [2.24, 2.45) is 34.0 Å². The van der Waals surface area contributed by atoms with E-state index in [1.165, 1.54) is 0 Å². The van der Waals surface area contributed by atoms with E-state index in [0.717, 1.165) is 148 Å². The van der Waals surface area contributed by atoms with E-state index in [9.17, 15) is 14.4 Å². The fourth-order valence-corrected chi connectivity index (χ4v) is 16.3. The summed E-state index contributed by atoms with van der Waals surface area (Å²) in [5.74, 6) is 0.694. The molecule has 3 heterocycles. The Morgan fingerprint density at radius 1 is 0.370 bits per heavy atom. The van der Waals surface area contributed by atoms with E-state index in [4.69, 9.17) is 28.4 Å². The first kappa shape index (κ1) is 54.5. The van der Waals surface area contributed by atoms with Gasteiger partial charge >= 0.3 is 18.1 Å². The van der Waals surface area contributed by atoms with Gasteiger partial charge in [-0.2, -0.15) is 0 Å². The minimum atomic E-state index is -1.11. The summed E-state index contributed by atoms with van der Waals surface area (Å²) < 4.78 is 44.4. The second-order valence-electron chi connectivity index (χ2n) is 29.9. The van der Waals surface area contributed by atoms with Gasteiger partial charge in [-0.3, -0.25) is 0 Å². The molecule has 438 valence electrons. The second-order valence-corrected chi connectivity index (χ2v) is 29.9. The molecule has 6 N–H and O–H groups in total. The van der Waals surface area contributed by atoms with E-state index in [1.807, 2.05) is 0 Å². The number of rotatable bonds is 6. The minimum Gasteiger partial charge on any atom is -0.446 e. The first-order valence-corrected chi connectivity index (χ1v) is 31.2. The highest BCUT2D eigenvalue weighted by molar-refractivity contribution is 6.27. The summed E-state index contributed by atoms with van der Waals surface area (Å²) in [6.45, 7) is 25.4. The lowest BCUT2D eigenvalue weighted by atomic mass is 9.62. The molecule has 81 heavy (non-hydrogen) atoms. The number of carbonyl (C=O) groups is 3. The van der Waals surface area contributed by atoms with Gasteiger partial charge in [0.25, 0.3) is 17.4 Å². The molecule has 3 spiro atoms. The molecule has 9 aliphatic rings. The number of ether oxygens (including phenoxy) is 6. The number of hydrogen-bond donors (Lipinski definition) is 6. The van der Waals surface area contributed by atoms with Crippen molar-refractivity contribution in [1.82, 2.24) is 31.9 Å². The van der Waals surface area contributed by atoms with Crippen LogP contribution in [0.15, 0.2) is 36.4 Å². The molecule has 6 bridgehead atoms. The van der Waals surface area contributed by atoms with E-state index in [1.54, 1.807) is 0 Å². The van der Waals surface area contributed by atoms with Crippen molar-refractivity contribution < 1.29 is 42.8 Å². The van der Waals surface area contributed by atoms with Gasteiger partial charge in [0, 0.05) is 35.9 Å². The van der Waals surface area contributed by atoms with Crippen LogP contribution in [0.25, 0.3) is 32.3 Å². The maximum atomic E-state index is 14.2. The van der Waals surface area contributed by atoms with Gasteiger partial charge in [0.2, 0.25) is 0 Å². The highest BCUT2D eigenvalue weighted by Crippen LogP contribution is 2.63. The van der Waals surface area contributed by atoms with Crippen molar-refractivity contribution in [2.75, 3.05) is 0 Å². The van der Waals surface area contributed by atoms with Crippen LogP contribution < -0.4 is 60.3 Å². The average Bonchev–Trinajstić information content (AvgIpc) is 3.88. The van der Waals surface area contributed by atoms with E-state index in [2.05, 4.69) is 151 Å². The SMILES string of the molecule is CC(NC(=O)NC12CCCC(CCC1)C21Oc2cc3c4cc5c(cc4c4cc6c(cc4c3cc2O1)OC1(O6)C2CCCC1(NC(=O)NC(C)C(C)(C)C)CCC2)OC1(O5)C2CCCC1(NC(=O)NC(C)C(C)(C)C)CCC2)C(C)(C)C. The van der Waals surface area contributed by atoms with Crippen LogP contribution in [0.3, 0.4) is 0 Å². The van der Waals surface area contributed by atoms with Crippen molar-refractivity contribution in [3.8, 4) is 34.5 Å². The smallest absolute Gasteiger partial charge is 0.315 e. The predicted octanol–water partition coefficient (Wildman–Crippen LogP) is 13.9. The van der Waals surface area contributed by atoms with Crippen LogP contribution in [0.4, 0.5) is 14.4 Å². The maximum Gasteiger partial charge on any atom is 0.315 e. The number of fused-ring (bicyclic) bond motifs is 9. The molecule has 15 nitrogen and oxygen atoms in total. The van der Waals surface area contributed by atoms with Crippen LogP contribution in [0.5, 0.6) is 34.5 Å². The van der Waals surface area contributed by atoms with E-state index >= 15 is 0 Å². The van der Waals surface area contributed by atoms with Crippen molar-refractivity contribution in [3.63, 3.8) is 0 Å². The van der Waals surface area contributed by atoms with Crippen molar-refractivity contribution in [1.29, 1.82) is 0 Å². The molecule has 6 amide bonds. The second kappa shape index (κ2) is 18.4. The molecule has 13 rings (SSSR count). The fourth-order valence-electron chi connectivity index (χ4n) is 16.3. The summed E-state index contributed by atoms with van der Waals surface area (Å²) in [4.78, 5) is 42.5. The van der Waals surface area contributed by atoms with E-state index < -0.39 is 34.0 Å². The Kier molecular flexibility index (Phi) is 12.4. The monoisotopic (exact) mass is 1110 g/mol. The zero-order valence-corrected chi connectivity index (χ0v) is 50.3. The van der Waals surface area contributed by atoms with Crippen LogP contribution >= 0.6 is 0 Å². The van der Waals surface area contributed by atoms with Crippen LogP contribution in [-0.4, -0.2) is 70.2 Å². The Hall–Kier alpha value is -5.73. The number of urea groups is 3. The Morgan fingerprint density at radius 2 is 0.556 bits per heavy atom. The first-order chi connectivity index (χ1) is 38.2. The number of amides is 6. The third kappa shape index (κ3) is 8.29. The zero-order chi connectivity index (χ0) is 57.1. The molecule has 6 fully saturated rings. The molecule has 4 aromatic rings. The fraction of sp³-hybridized carbons (Fsp3) is 0.682. The van der Waals surface area contributed by atoms with Gasteiger partial charge in [-0.25, -0.2) is 14.4 Å². The number of carbonyl (C=O) groups excluding carboxylic acids is 3. The lowest BCUT2D eigenvalue weighted by Crippen LogP contribution is -2.75. The molecule has 6 aliphatic carbocycles. The molecule has 0 aromatic heterocycles. The zero-order valence-electron chi connectivity index (χ0n) is 50.3. The van der Waals surface area contributed by atoms with Crippen LogP contribution in [-0.2, 0) is 0 Å². The van der Waals surface area contributed by atoms with Gasteiger partial charge in [0.15, 0.2) is 34.5 Å². The third-order valence-corrected chi connectivity index (χ3v) is 22.2. The van der Waals surface area contributed by atoms with E-state index in [-0.39, 0.29) is 70.2 Å². The summed E-state index contributed by atoms with van der Waals surface area (Å²) >= 11 is 0. The lowest BCUT2D eigenvalue weighted by molar-refractivity contribution is -0.222. The Bertz CT molecular complexity index is 2740. The highest BCUT2D eigenvalue weighted by atomic mass is 16.8. The molecular weight excluding hydrogens is 1020 g/mol. The highest BCUT2D eigenvalue weighted by Gasteiger charge is 2.70. The molecule has 0 radical (unpaired) electrons. The maximum absolute atomic E-state index is 14.2. The molecule has 6 saturated carbocycles. The van der Waals surface area contributed by atoms with Gasteiger partial charge in [0.1, 0.15) is 16.6 Å². The Morgan fingerprint density at radius 3 is 0.728 bits per heavy atom. The summed E-state index contributed by atoms with van der Waals surface area (Å²) in [6.07, 6.45) is 15.8. The van der Waals surface area contributed by atoms with Crippen molar-refractivity contribution in [2.45, 2.75) is 251 Å². The van der Waals surface area contributed by atoms with Crippen LogP contribution in [0, 0.1) is 34.0 Å². The van der Waals surface area contributed by atoms with Crippen molar-refractivity contribution in [3.05, 3.63) is 36.4 Å². The Balaban J connectivity index is 0.947. The molecule has 0 saturated heterocycles. The van der Waals surface area contributed by atoms with Gasteiger partial charge in [-0.1, -0.05) is 101 Å². The molecule has 15 heteroatoms. The summed E-state index contributed by atoms with van der Waals surface area (Å²) in [7, 11) is 0. The van der Waals surface area contributed by atoms with Crippen LogP contribution in [0.2, 0.25) is 0 Å². The number of hydrogen-bond acceptors (Lipinski definition) is 9. The van der Waals surface area contributed by atoms with E-state index in [0.29, 0.717) is 34.5 Å².